The first-order valence-electron chi connectivity index (χ1n) is 9.97. The third kappa shape index (κ3) is 4.44. The second-order valence-electron chi connectivity index (χ2n) is 7.21. The van der Waals surface area contributed by atoms with E-state index in [1.807, 2.05) is 30.5 Å². The van der Waals surface area contributed by atoms with E-state index in [0.717, 1.165) is 30.3 Å². The van der Waals surface area contributed by atoms with Crippen molar-refractivity contribution in [2.75, 3.05) is 6.54 Å². The maximum Gasteiger partial charge on any atom is 0.315 e. The maximum atomic E-state index is 12.2. The Bertz CT molecular complexity index is 931. The van der Waals surface area contributed by atoms with Crippen LogP contribution in [0.2, 0.25) is 0 Å². The Balaban J connectivity index is 1.25. The Kier molecular flexibility index (Phi) is 5.75. The second-order valence-corrected chi connectivity index (χ2v) is 7.21. The fraction of sp³-hybridized carbons (Fsp3) is 0.364. The van der Waals surface area contributed by atoms with Crippen LogP contribution < -0.4 is 15.4 Å². The lowest BCUT2D eigenvalue weighted by Crippen LogP contribution is -2.36. The molecule has 1 aliphatic carbocycles. The van der Waals surface area contributed by atoms with Crippen LogP contribution in [-0.4, -0.2) is 28.6 Å². The standard InChI is InChI=1S/C22H26N4O2/c27-22(24-13-11-16-14-25-20-10-4-3-9-19(16)20)26-15-17-6-5-12-23-21(17)28-18-7-1-2-8-18/h3-6,9-10,12,14,18,25H,1-2,7-8,11,13,15H2,(H2,24,26,27). The predicted molar refractivity (Wildman–Crippen MR) is 109 cm³/mol. The number of pyridine rings is 1. The van der Waals surface area contributed by atoms with E-state index in [-0.39, 0.29) is 12.1 Å². The Morgan fingerprint density at radius 1 is 1.11 bits per heavy atom. The number of hydrogen-bond donors (Lipinski definition) is 3. The van der Waals surface area contributed by atoms with Gasteiger partial charge in [-0.3, -0.25) is 0 Å². The van der Waals surface area contributed by atoms with Gasteiger partial charge in [0.15, 0.2) is 0 Å². The summed E-state index contributed by atoms with van der Waals surface area (Å²) in [6, 6.07) is 11.8. The summed E-state index contributed by atoms with van der Waals surface area (Å²) in [4.78, 5) is 19.8. The van der Waals surface area contributed by atoms with Crippen molar-refractivity contribution in [2.45, 2.75) is 44.8 Å². The summed E-state index contributed by atoms with van der Waals surface area (Å²) in [5.41, 5.74) is 3.23. The highest BCUT2D eigenvalue weighted by Crippen LogP contribution is 2.25. The number of urea groups is 1. The predicted octanol–water partition coefficient (Wildman–Crippen LogP) is 3.93. The molecule has 6 nitrogen and oxygen atoms in total. The molecule has 1 aromatic carbocycles. The molecule has 3 aromatic rings. The van der Waals surface area contributed by atoms with Gasteiger partial charge in [-0.1, -0.05) is 24.3 Å². The third-order valence-corrected chi connectivity index (χ3v) is 5.22. The zero-order valence-electron chi connectivity index (χ0n) is 15.9. The zero-order valence-corrected chi connectivity index (χ0v) is 15.9. The normalized spacial score (nSPS) is 14.3. The van der Waals surface area contributed by atoms with Crippen LogP contribution in [0.15, 0.2) is 48.8 Å². The fourth-order valence-electron chi connectivity index (χ4n) is 3.72. The van der Waals surface area contributed by atoms with Gasteiger partial charge in [-0.2, -0.15) is 0 Å². The number of nitrogens with zero attached hydrogens (tertiary/aromatic N) is 1. The largest absolute Gasteiger partial charge is 0.474 e. The van der Waals surface area contributed by atoms with E-state index in [1.165, 1.54) is 23.8 Å². The summed E-state index contributed by atoms with van der Waals surface area (Å²) in [6.45, 7) is 0.973. The number of benzene rings is 1. The highest BCUT2D eigenvalue weighted by Gasteiger charge is 2.18. The molecule has 0 radical (unpaired) electrons. The average molecular weight is 378 g/mol. The van der Waals surface area contributed by atoms with Crippen molar-refractivity contribution in [1.29, 1.82) is 0 Å². The first-order valence-corrected chi connectivity index (χ1v) is 9.97. The third-order valence-electron chi connectivity index (χ3n) is 5.22. The van der Waals surface area contributed by atoms with Crippen LogP contribution in [0.1, 0.15) is 36.8 Å². The Labute approximate surface area is 164 Å². The lowest BCUT2D eigenvalue weighted by Gasteiger charge is -2.15. The smallest absolute Gasteiger partial charge is 0.315 e. The number of rotatable bonds is 7. The van der Waals surface area contributed by atoms with Crippen LogP contribution in [0, 0.1) is 0 Å². The van der Waals surface area contributed by atoms with Crippen LogP contribution in [0.4, 0.5) is 4.79 Å². The molecule has 0 atom stereocenters. The molecule has 2 amide bonds. The van der Waals surface area contributed by atoms with E-state index in [1.54, 1.807) is 6.20 Å². The van der Waals surface area contributed by atoms with Crippen molar-refractivity contribution < 1.29 is 9.53 Å². The summed E-state index contributed by atoms with van der Waals surface area (Å²) in [7, 11) is 0. The number of aromatic nitrogens is 2. The number of H-pyrrole nitrogens is 1. The molecule has 6 heteroatoms. The fourth-order valence-corrected chi connectivity index (χ4v) is 3.72. The summed E-state index contributed by atoms with van der Waals surface area (Å²) in [5.74, 6) is 0.633. The molecule has 1 aliphatic rings. The van der Waals surface area contributed by atoms with E-state index >= 15 is 0 Å². The SMILES string of the molecule is O=C(NCCc1c[nH]c2ccccc12)NCc1cccnc1OC1CCCC1. The number of ether oxygens (including phenoxy) is 1. The molecule has 3 N–H and O–H groups in total. The van der Waals surface area contributed by atoms with Crippen LogP contribution in [-0.2, 0) is 13.0 Å². The van der Waals surface area contributed by atoms with E-state index in [9.17, 15) is 4.79 Å². The number of carbonyl (C=O) groups is 1. The first kappa shape index (κ1) is 18.3. The maximum absolute atomic E-state index is 12.2. The minimum Gasteiger partial charge on any atom is -0.474 e. The van der Waals surface area contributed by atoms with Crippen molar-refractivity contribution in [3.8, 4) is 5.88 Å². The van der Waals surface area contributed by atoms with Crippen molar-refractivity contribution in [3.63, 3.8) is 0 Å². The lowest BCUT2D eigenvalue weighted by molar-refractivity contribution is 0.198. The lowest BCUT2D eigenvalue weighted by atomic mass is 10.1. The van der Waals surface area contributed by atoms with Gasteiger partial charge >= 0.3 is 6.03 Å². The minimum atomic E-state index is -0.185. The molecule has 0 bridgehead atoms. The molecule has 0 unspecified atom stereocenters. The Hall–Kier alpha value is -3.02. The Morgan fingerprint density at radius 3 is 2.86 bits per heavy atom. The molecule has 0 spiro atoms. The number of para-hydroxylation sites is 1. The van der Waals surface area contributed by atoms with Crippen LogP contribution in [0.3, 0.4) is 0 Å². The number of hydrogen-bond acceptors (Lipinski definition) is 3. The van der Waals surface area contributed by atoms with Gasteiger partial charge in [0.1, 0.15) is 6.10 Å². The van der Waals surface area contributed by atoms with Gasteiger partial charge in [-0.25, -0.2) is 9.78 Å². The summed E-state index contributed by atoms with van der Waals surface area (Å²) in [6.07, 6.45) is 9.35. The van der Waals surface area contributed by atoms with Crippen molar-refractivity contribution in [2.24, 2.45) is 0 Å². The highest BCUT2D eigenvalue weighted by molar-refractivity contribution is 5.83. The van der Waals surface area contributed by atoms with E-state index < -0.39 is 0 Å². The van der Waals surface area contributed by atoms with Crippen molar-refractivity contribution in [1.82, 2.24) is 20.6 Å². The number of nitrogens with one attached hydrogen (secondary N) is 3. The van der Waals surface area contributed by atoms with Gasteiger partial charge in [0.05, 0.1) is 0 Å². The summed E-state index contributed by atoms with van der Waals surface area (Å²) >= 11 is 0. The van der Waals surface area contributed by atoms with E-state index in [2.05, 4.69) is 32.7 Å². The minimum absolute atomic E-state index is 0.185. The molecule has 1 saturated carbocycles. The topological polar surface area (TPSA) is 79.0 Å². The second kappa shape index (κ2) is 8.78. The van der Waals surface area contributed by atoms with Crippen LogP contribution in [0.5, 0.6) is 5.88 Å². The van der Waals surface area contributed by atoms with E-state index in [4.69, 9.17) is 4.74 Å². The molecule has 4 rings (SSSR count). The number of aromatic amines is 1. The number of carbonyl (C=O) groups excluding carboxylic acids is 1. The van der Waals surface area contributed by atoms with Gasteiger partial charge in [0.25, 0.3) is 0 Å². The quantitative estimate of drug-likeness (QED) is 0.583. The van der Waals surface area contributed by atoms with Gasteiger partial charge < -0.3 is 20.4 Å². The van der Waals surface area contributed by atoms with Gasteiger partial charge in [-0.15, -0.1) is 0 Å². The number of amides is 2. The molecule has 0 aliphatic heterocycles. The zero-order chi connectivity index (χ0) is 19.2. The van der Waals surface area contributed by atoms with Crippen molar-refractivity contribution >= 4 is 16.9 Å². The van der Waals surface area contributed by atoms with Gasteiger partial charge in [0, 0.05) is 41.9 Å². The van der Waals surface area contributed by atoms with Crippen LogP contribution >= 0.6 is 0 Å². The average Bonchev–Trinajstić information content (AvgIpc) is 3.38. The van der Waals surface area contributed by atoms with Crippen LogP contribution in [0.25, 0.3) is 10.9 Å². The molecule has 2 aromatic heterocycles. The van der Waals surface area contributed by atoms with Gasteiger partial charge in [-0.05, 0) is 49.8 Å². The summed E-state index contributed by atoms with van der Waals surface area (Å²) in [5, 5.41) is 7.03. The molecular formula is C22H26N4O2. The summed E-state index contributed by atoms with van der Waals surface area (Å²) < 4.78 is 6.02. The molecular weight excluding hydrogens is 352 g/mol. The molecule has 0 saturated heterocycles. The molecule has 2 heterocycles. The van der Waals surface area contributed by atoms with E-state index in [0.29, 0.717) is 19.0 Å². The molecule has 1 fully saturated rings. The molecule has 28 heavy (non-hydrogen) atoms. The monoisotopic (exact) mass is 378 g/mol. The number of fused-ring (bicyclic) bond motifs is 1. The Morgan fingerprint density at radius 2 is 1.96 bits per heavy atom. The highest BCUT2D eigenvalue weighted by atomic mass is 16.5. The van der Waals surface area contributed by atoms with Gasteiger partial charge in [0.2, 0.25) is 5.88 Å². The van der Waals surface area contributed by atoms with Crippen molar-refractivity contribution in [3.05, 3.63) is 59.9 Å². The first-order chi connectivity index (χ1) is 13.8. The molecule has 146 valence electrons.